The van der Waals surface area contributed by atoms with Crippen molar-refractivity contribution in [2.45, 2.75) is 25.7 Å². The Bertz CT molecular complexity index is 932. The summed E-state index contributed by atoms with van der Waals surface area (Å²) >= 11 is 0. The summed E-state index contributed by atoms with van der Waals surface area (Å²) in [6.07, 6.45) is 4.55. The lowest BCUT2D eigenvalue weighted by Gasteiger charge is -2.23. The predicted octanol–water partition coefficient (Wildman–Crippen LogP) is 3.99. The summed E-state index contributed by atoms with van der Waals surface area (Å²) in [5, 5.41) is 10.1. The highest BCUT2D eigenvalue weighted by Crippen LogP contribution is 2.26. The van der Waals surface area contributed by atoms with E-state index in [-0.39, 0.29) is 11.7 Å². The Kier molecular flexibility index (Phi) is 4.51. The number of aromatic nitrogens is 2. The predicted molar refractivity (Wildman–Crippen MR) is 96.8 cm³/mol. The minimum Gasteiger partial charge on any atom is -0.369 e. The number of anilines is 2. The molecule has 1 aliphatic rings. The SMILES string of the molecule is O=C(Nc1ccc(N2CCCCCC2)c(F)c1)c1ccc2nonc2c1. The van der Waals surface area contributed by atoms with Crippen LogP contribution in [-0.4, -0.2) is 29.3 Å². The number of rotatable bonds is 3. The van der Waals surface area contributed by atoms with Gasteiger partial charge in [0.25, 0.3) is 5.91 Å². The molecule has 134 valence electrons. The van der Waals surface area contributed by atoms with Crippen LogP contribution in [0.1, 0.15) is 36.0 Å². The second-order valence-electron chi connectivity index (χ2n) is 6.49. The van der Waals surface area contributed by atoms with Gasteiger partial charge in [0.05, 0.1) is 5.69 Å². The second kappa shape index (κ2) is 7.11. The molecule has 0 atom stereocenters. The fourth-order valence-electron chi connectivity index (χ4n) is 3.28. The van der Waals surface area contributed by atoms with Crippen LogP contribution in [0.3, 0.4) is 0 Å². The number of benzene rings is 2. The van der Waals surface area contributed by atoms with Gasteiger partial charge in [-0.2, -0.15) is 0 Å². The zero-order valence-electron chi connectivity index (χ0n) is 14.2. The number of carbonyl (C=O) groups excluding carboxylic acids is 1. The van der Waals surface area contributed by atoms with E-state index in [4.69, 9.17) is 0 Å². The zero-order chi connectivity index (χ0) is 17.9. The number of fused-ring (bicyclic) bond motifs is 1. The Morgan fingerprint density at radius 2 is 1.77 bits per heavy atom. The van der Waals surface area contributed by atoms with Gasteiger partial charge in [0.1, 0.15) is 16.9 Å². The van der Waals surface area contributed by atoms with Gasteiger partial charge in [-0.25, -0.2) is 9.02 Å². The standard InChI is InChI=1S/C19H19FN4O2/c20-15-12-14(6-8-18(15)24-9-3-1-2-4-10-24)21-19(25)13-5-7-16-17(11-13)23-26-22-16/h5-8,11-12H,1-4,9-10H2,(H,21,25). The van der Waals surface area contributed by atoms with Gasteiger partial charge in [0, 0.05) is 24.3 Å². The average Bonchev–Trinajstić information content (AvgIpc) is 2.95. The van der Waals surface area contributed by atoms with Crippen LogP contribution in [0.15, 0.2) is 41.0 Å². The van der Waals surface area contributed by atoms with Crippen LogP contribution in [0, 0.1) is 5.82 Å². The number of nitrogens with zero attached hydrogens (tertiary/aromatic N) is 3. The Balaban J connectivity index is 1.50. The first kappa shape index (κ1) is 16.5. The zero-order valence-corrected chi connectivity index (χ0v) is 14.2. The Hall–Kier alpha value is -2.96. The molecule has 2 aromatic carbocycles. The molecule has 0 aliphatic carbocycles. The molecule has 1 saturated heterocycles. The summed E-state index contributed by atoms with van der Waals surface area (Å²) < 4.78 is 19.2. The van der Waals surface area contributed by atoms with E-state index in [1.54, 1.807) is 30.3 Å². The molecule has 3 aromatic rings. The first-order valence-corrected chi connectivity index (χ1v) is 8.79. The molecule has 0 spiro atoms. The van der Waals surface area contributed by atoms with Gasteiger partial charge >= 0.3 is 0 Å². The second-order valence-corrected chi connectivity index (χ2v) is 6.49. The van der Waals surface area contributed by atoms with Gasteiger partial charge in [0.2, 0.25) is 0 Å². The summed E-state index contributed by atoms with van der Waals surface area (Å²) in [4.78, 5) is 14.5. The maximum atomic E-state index is 14.6. The molecular weight excluding hydrogens is 335 g/mol. The largest absolute Gasteiger partial charge is 0.369 e. The Morgan fingerprint density at radius 1 is 1.00 bits per heavy atom. The molecule has 0 unspecified atom stereocenters. The molecule has 6 nitrogen and oxygen atoms in total. The van der Waals surface area contributed by atoms with Crippen LogP contribution in [0.2, 0.25) is 0 Å². The smallest absolute Gasteiger partial charge is 0.255 e. The first-order valence-electron chi connectivity index (χ1n) is 8.79. The number of hydrogen-bond donors (Lipinski definition) is 1. The van der Waals surface area contributed by atoms with Crippen molar-refractivity contribution in [1.82, 2.24) is 10.3 Å². The van der Waals surface area contributed by atoms with Crippen molar-refractivity contribution >= 4 is 28.3 Å². The lowest BCUT2D eigenvalue weighted by atomic mass is 10.1. The first-order chi connectivity index (χ1) is 12.7. The fraction of sp³-hybridized carbons (Fsp3) is 0.316. The van der Waals surface area contributed by atoms with Gasteiger partial charge in [-0.05, 0) is 59.6 Å². The van der Waals surface area contributed by atoms with Crippen molar-refractivity contribution in [3.05, 3.63) is 47.8 Å². The highest BCUT2D eigenvalue weighted by Gasteiger charge is 2.15. The quantitative estimate of drug-likeness (QED) is 0.770. The van der Waals surface area contributed by atoms with Crippen molar-refractivity contribution in [3.8, 4) is 0 Å². The molecule has 0 bridgehead atoms. The van der Waals surface area contributed by atoms with E-state index in [1.807, 2.05) is 0 Å². The number of amides is 1. The molecular formula is C19H19FN4O2. The third-order valence-corrected chi connectivity index (χ3v) is 4.67. The van der Waals surface area contributed by atoms with Crippen LogP contribution in [0.25, 0.3) is 11.0 Å². The number of nitrogens with one attached hydrogen (secondary N) is 1. The number of hydrogen-bond acceptors (Lipinski definition) is 5. The van der Waals surface area contributed by atoms with Crippen LogP contribution >= 0.6 is 0 Å². The lowest BCUT2D eigenvalue weighted by Crippen LogP contribution is -2.25. The molecule has 2 heterocycles. The van der Waals surface area contributed by atoms with Crippen molar-refractivity contribution < 1.29 is 13.8 Å². The monoisotopic (exact) mass is 354 g/mol. The van der Waals surface area contributed by atoms with E-state index in [0.29, 0.717) is 28.0 Å². The topological polar surface area (TPSA) is 71.3 Å². The van der Waals surface area contributed by atoms with Crippen LogP contribution in [0.5, 0.6) is 0 Å². The molecule has 4 rings (SSSR count). The summed E-state index contributed by atoms with van der Waals surface area (Å²) in [5.74, 6) is -0.655. The van der Waals surface area contributed by atoms with E-state index < -0.39 is 0 Å². The van der Waals surface area contributed by atoms with Crippen LogP contribution in [-0.2, 0) is 0 Å². The molecule has 7 heteroatoms. The summed E-state index contributed by atoms with van der Waals surface area (Å²) in [6.45, 7) is 1.74. The molecule has 0 saturated carbocycles. The molecule has 1 amide bonds. The third-order valence-electron chi connectivity index (χ3n) is 4.67. The molecule has 1 N–H and O–H groups in total. The highest BCUT2D eigenvalue weighted by molar-refractivity contribution is 6.05. The van der Waals surface area contributed by atoms with E-state index in [0.717, 1.165) is 25.9 Å². The molecule has 0 radical (unpaired) electrons. The maximum absolute atomic E-state index is 14.6. The average molecular weight is 354 g/mol. The van der Waals surface area contributed by atoms with Gasteiger partial charge in [-0.3, -0.25) is 4.79 Å². The minimum atomic E-state index is -0.336. The van der Waals surface area contributed by atoms with Crippen LogP contribution in [0.4, 0.5) is 15.8 Å². The lowest BCUT2D eigenvalue weighted by molar-refractivity contribution is 0.102. The van der Waals surface area contributed by atoms with Crippen molar-refractivity contribution in [1.29, 1.82) is 0 Å². The minimum absolute atomic E-state index is 0.319. The van der Waals surface area contributed by atoms with Crippen molar-refractivity contribution in [2.24, 2.45) is 0 Å². The molecule has 1 fully saturated rings. The Morgan fingerprint density at radius 3 is 2.54 bits per heavy atom. The van der Waals surface area contributed by atoms with Crippen molar-refractivity contribution in [2.75, 3.05) is 23.3 Å². The number of halogens is 1. The highest BCUT2D eigenvalue weighted by atomic mass is 19.1. The molecule has 1 aromatic heterocycles. The summed E-state index contributed by atoms with van der Waals surface area (Å²) in [5.41, 5.74) is 2.50. The van der Waals surface area contributed by atoms with E-state index in [2.05, 4.69) is 25.2 Å². The number of carbonyl (C=O) groups is 1. The van der Waals surface area contributed by atoms with Gasteiger partial charge in [-0.15, -0.1) is 0 Å². The van der Waals surface area contributed by atoms with E-state index >= 15 is 0 Å². The van der Waals surface area contributed by atoms with Gasteiger partial charge < -0.3 is 10.2 Å². The Labute approximate surface area is 149 Å². The summed E-state index contributed by atoms with van der Waals surface area (Å²) in [7, 11) is 0. The molecule has 26 heavy (non-hydrogen) atoms. The molecule has 1 aliphatic heterocycles. The van der Waals surface area contributed by atoms with E-state index in [1.165, 1.54) is 18.9 Å². The fourth-order valence-corrected chi connectivity index (χ4v) is 3.28. The maximum Gasteiger partial charge on any atom is 0.255 e. The van der Waals surface area contributed by atoms with Gasteiger partial charge in [0.15, 0.2) is 0 Å². The third kappa shape index (κ3) is 3.37. The van der Waals surface area contributed by atoms with Gasteiger partial charge in [-0.1, -0.05) is 12.8 Å². The van der Waals surface area contributed by atoms with Crippen LogP contribution < -0.4 is 10.2 Å². The normalized spacial score (nSPS) is 15.0. The summed E-state index contributed by atoms with van der Waals surface area (Å²) in [6, 6.07) is 9.71. The van der Waals surface area contributed by atoms with Crippen molar-refractivity contribution in [3.63, 3.8) is 0 Å². The van der Waals surface area contributed by atoms with E-state index in [9.17, 15) is 9.18 Å².